The number of ether oxygens (including phenoxy) is 1. The van der Waals surface area contributed by atoms with Crippen LogP contribution in [0.1, 0.15) is 47.6 Å². The number of fused-ring (bicyclic) bond motifs is 3. The van der Waals surface area contributed by atoms with Gasteiger partial charge in [0.25, 0.3) is 5.91 Å². The van der Waals surface area contributed by atoms with E-state index in [0.717, 1.165) is 59.6 Å². The van der Waals surface area contributed by atoms with E-state index < -0.39 is 0 Å². The molecule has 1 amide bonds. The van der Waals surface area contributed by atoms with Crippen molar-refractivity contribution in [3.8, 4) is 11.3 Å². The number of amides is 1. The first-order valence-electron chi connectivity index (χ1n) is 11.5. The molecule has 2 unspecified atom stereocenters. The molecule has 0 bridgehead atoms. The summed E-state index contributed by atoms with van der Waals surface area (Å²) in [5, 5.41) is 6.47. The molecule has 2 N–H and O–H groups in total. The van der Waals surface area contributed by atoms with Crippen molar-refractivity contribution in [3.63, 3.8) is 0 Å². The number of aromatic nitrogens is 2. The Hall–Kier alpha value is -2.81. The highest BCUT2D eigenvalue weighted by Gasteiger charge is 2.20. The predicted octanol–water partition coefficient (Wildman–Crippen LogP) is 4.69. The molecule has 0 aliphatic carbocycles. The first kappa shape index (κ1) is 20.8. The quantitative estimate of drug-likeness (QED) is 0.460. The molecular formula is C25H25FN4O2S. The Morgan fingerprint density at radius 2 is 2.15 bits per heavy atom. The van der Waals surface area contributed by atoms with Gasteiger partial charge in [-0.1, -0.05) is 17.4 Å². The van der Waals surface area contributed by atoms with Crippen molar-refractivity contribution in [2.45, 2.75) is 37.8 Å². The molecule has 2 saturated heterocycles. The summed E-state index contributed by atoms with van der Waals surface area (Å²) in [6.45, 7) is 2.32. The van der Waals surface area contributed by atoms with Crippen molar-refractivity contribution in [3.05, 3.63) is 59.5 Å². The number of hydrogen-bond acceptors (Lipinski definition) is 5. The zero-order valence-electron chi connectivity index (χ0n) is 18.1. The maximum Gasteiger partial charge on any atom is 0.251 e. The molecule has 33 heavy (non-hydrogen) atoms. The van der Waals surface area contributed by atoms with Crippen molar-refractivity contribution in [2.75, 3.05) is 19.8 Å². The minimum atomic E-state index is -0.248. The van der Waals surface area contributed by atoms with Gasteiger partial charge in [0, 0.05) is 30.0 Å². The Balaban J connectivity index is 1.27. The van der Waals surface area contributed by atoms with Gasteiger partial charge in [0.05, 0.1) is 28.6 Å². The lowest BCUT2D eigenvalue weighted by Gasteiger charge is -2.23. The van der Waals surface area contributed by atoms with Crippen LogP contribution in [0.25, 0.3) is 26.4 Å². The van der Waals surface area contributed by atoms with E-state index in [1.165, 1.54) is 11.3 Å². The zero-order chi connectivity index (χ0) is 22.4. The van der Waals surface area contributed by atoms with Gasteiger partial charge in [-0.25, -0.2) is 9.37 Å². The van der Waals surface area contributed by atoms with E-state index in [0.29, 0.717) is 23.4 Å². The molecular weight excluding hydrogens is 439 g/mol. The second-order valence-electron chi connectivity index (χ2n) is 8.84. The normalized spacial score (nSPS) is 21.1. The Morgan fingerprint density at radius 1 is 1.21 bits per heavy atom. The molecule has 0 spiro atoms. The maximum absolute atomic E-state index is 14.9. The molecule has 2 aromatic heterocycles. The van der Waals surface area contributed by atoms with Gasteiger partial charge < -0.3 is 15.4 Å². The monoisotopic (exact) mass is 464 g/mol. The molecule has 8 heteroatoms. The molecule has 6 nitrogen and oxygen atoms in total. The number of imidazole rings is 1. The lowest BCUT2D eigenvalue weighted by atomic mass is 10.0. The number of rotatable bonds is 4. The molecule has 2 fully saturated rings. The van der Waals surface area contributed by atoms with E-state index >= 15 is 0 Å². The Kier molecular flexibility index (Phi) is 5.36. The van der Waals surface area contributed by atoms with Crippen LogP contribution in [0.2, 0.25) is 0 Å². The summed E-state index contributed by atoms with van der Waals surface area (Å²) in [5.74, 6) is -0.333. The molecule has 2 aromatic carbocycles. The van der Waals surface area contributed by atoms with Gasteiger partial charge in [0.1, 0.15) is 5.82 Å². The van der Waals surface area contributed by atoms with Gasteiger partial charge in [-0.3, -0.25) is 9.20 Å². The minimum Gasteiger partial charge on any atom is -0.379 e. The van der Waals surface area contributed by atoms with Crippen molar-refractivity contribution < 1.29 is 13.9 Å². The van der Waals surface area contributed by atoms with Crippen LogP contribution >= 0.6 is 11.3 Å². The summed E-state index contributed by atoms with van der Waals surface area (Å²) in [4.78, 5) is 18.1. The summed E-state index contributed by atoms with van der Waals surface area (Å²) >= 11 is 1.50. The number of thiazole rings is 1. The van der Waals surface area contributed by atoms with E-state index in [1.807, 2.05) is 40.9 Å². The third-order valence-corrected chi connectivity index (χ3v) is 7.60. The summed E-state index contributed by atoms with van der Waals surface area (Å²) in [7, 11) is 0. The average molecular weight is 465 g/mol. The van der Waals surface area contributed by atoms with Crippen LogP contribution in [0.3, 0.4) is 0 Å². The van der Waals surface area contributed by atoms with Crippen molar-refractivity contribution in [2.24, 2.45) is 0 Å². The van der Waals surface area contributed by atoms with Crippen LogP contribution in [-0.2, 0) is 4.74 Å². The molecule has 0 saturated carbocycles. The van der Waals surface area contributed by atoms with Crippen LogP contribution in [-0.4, -0.2) is 41.1 Å². The zero-order valence-corrected chi connectivity index (χ0v) is 19.0. The second-order valence-corrected chi connectivity index (χ2v) is 9.85. The Bertz CT molecular complexity index is 1340. The summed E-state index contributed by atoms with van der Waals surface area (Å²) in [6.07, 6.45) is 5.95. The molecule has 4 aromatic rings. The lowest BCUT2D eigenvalue weighted by Crippen LogP contribution is -2.40. The van der Waals surface area contributed by atoms with Gasteiger partial charge in [0.15, 0.2) is 4.96 Å². The van der Waals surface area contributed by atoms with Crippen LogP contribution < -0.4 is 10.6 Å². The number of halogens is 1. The third kappa shape index (κ3) is 3.92. The SMILES string of the molecule is O=C(NC1CCCOC1)c1ccc2c(c1)sc1nc(-c3ccc(C4CCCN4)cc3F)cn12. The number of benzene rings is 2. The van der Waals surface area contributed by atoms with E-state index in [2.05, 4.69) is 15.6 Å². The fraction of sp³-hybridized carbons (Fsp3) is 0.360. The largest absolute Gasteiger partial charge is 0.379 e. The molecule has 170 valence electrons. The first-order valence-corrected chi connectivity index (χ1v) is 12.3. The van der Waals surface area contributed by atoms with Crippen LogP contribution in [0.15, 0.2) is 42.6 Å². The minimum absolute atomic E-state index is 0.0656. The molecule has 0 radical (unpaired) electrons. The lowest BCUT2D eigenvalue weighted by molar-refractivity contribution is 0.0624. The summed E-state index contributed by atoms with van der Waals surface area (Å²) in [5.41, 5.74) is 3.70. The van der Waals surface area contributed by atoms with Gasteiger partial charge in [-0.15, -0.1) is 0 Å². The van der Waals surface area contributed by atoms with Crippen molar-refractivity contribution in [1.82, 2.24) is 20.0 Å². The van der Waals surface area contributed by atoms with Gasteiger partial charge in [-0.05, 0) is 68.1 Å². The molecule has 4 heterocycles. The highest BCUT2D eigenvalue weighted by molar-refractivity contribution is 7.23. The number of nitrogens with zero attached hydrogens (tertiary/aromatic N) is 2. The predicted molar refractivity (Wildman–Crippen MR) is 127 cm³/mol. The fourth-order valence-corrected chi connectivity index (χ4v) is 5.87. The Labute approximate surface area is 194 Å². The van der Waals surface area contributed by atoms with E-state index in [4.69, 9.17) is 4.74 Å². The highest BCUT2D eigenvalue weighted by Crippen LogP contribution is 2.32. The molecule has 2 atom stereocenters. The standard InChI is InChI=1S/C25H25FN4O2S/c26-19-11-15(20-4-1-9-27-20)5-7-18(19)21-13-30-22-8-6-16(12-23(22)33-25(30)29-21)24(31)28-17-3-2-10-32-14-17/h5-8,11-13,17,20,27H,1-4,9-10,14H2,(H,28,31). The van der Waals surface area contributed by atoms with Crippen molar-refractivity contribution in [1.29, 1.82) is 0 Å². The third-order valence-electron chi connectivity index (χ3n) is 6.58. The fourth-order valence-electron chi connectivity index (χ4n) is 4.82. The van der Waals surface area contributed by atoms with E-state index in [1.54, 1.807) is 6.07 Å². The van der Waals surface area contributed by atoms with Gasteiger partial charge in [-0.2, -0.15) is 0 Å². The molecule has 2 aliphatic rings. The second kappa shape index (κ2) is 8.52. The number of hydrogen-bond donors (Lipinski definition) is 2. The first-order chi connectivity index (χ1) is 16.2. The summed E-state index contributed by atoms with van der Waals surface area (Å²) in [6, 6.07) is 11.4. The van der Waals surface area contributed by atoms with Gasteiger partial charge in [0.2, 0.25) is 0 Å². The molecule has 6 rings (SSSR count). The average Bonchev–Trinajstić information content (AvgIpc) is 3.56. The van der Waals surface area contributed by atoms with Crippen LogP contribution in [0, 0.1) is 5.82 Å². The maximum atomic E-state index is 14.9. The van der Waals surface area contributed by atoms with Crippen molar-refractivity contribution >= 4 is 32.4 Å². The smallest absolute Gasteiger partial charge is 0.251 e. The number of carbonyl (C=O) groups is 1. The number of nitrogens with one attached hydrogen (secondary N) is 2. The van der Waals surface area contributed by atoms with E-state index in [9.17, 15) is 9.18 Å². The van der Waals surface area contributed by atoms with E-state index in [-0.39, 0.29) is 23.8 Å². The highest BCUT2D eigenvalue weighted by atomic mass is 32.1. The van der Waals surface area contributed by atoms with Crippen LogP contribution in [0.5, 0.6) is 0 Å². The topological polar surface area (TPSA) is 67.7 Å². The van der Waals surface area contributed by atoms with Crippen LogP contribution in [0.4, 0.5) is 4.39 Å². The van der Waals surface area contributed by atoms with Gasteiger partial charge >= 0.3 is 0 Å². The number of carbonyl (C=O) groups excluding carboxylic acids is 1. The Morgan fingerprint density at radius 3 is 2.94 bits per heavy atom. The summed E-state index contributed by atoms with van der Waals surface area (Å²) < 4.78 is 23.3. The molecule has 2 aliphatic heterocycles.